The maximum absolute atomic E-state index is 9.41. The topological polar surface area (TPSA) is 23.8 Å². The van der Waals surface area contributed by atoms with E-state index in [1.807, 2.05) is 11.8 Å². The minimum Gasteiger partial charge on any atom is -0.198 e. The summed E-state index contributed by atoms with van der Waals surface area (Å²) in [5, 5.41) is 9.41. The van der Waals surface area contributed by atoms with E-state index in [0.717, 1.165) is 19.3 Å². The molecule has 1 rings (SSSR count). The summed E-state index contributed by atoms with van der Waals surface area (Å²) in [6.07, 6.45) is 7.02. The van der Waals surface area contributed by atoms with Crippen LogP contribution in [0.15, 0.2) is 0 Å². The highest BCUT2D eigenvalue weighted by atomic mass is 32.2. The van der Waals surface area contributed by atoms with Crippen LogP contribution < -0.4 is 0 Å². The summed E-state index contributed by atoms with van der Waals surface area (Å²) in [4.78, 5) is 0. The molecule has 0 aromatic rings. The highest BCUT2D eigenvalue weighted by molar-refractivity contribution is 7.99. The number of thioether (sulfide) groups is 1. The third kappa shape index (κ3) is 4.01. The summed E-state index contributed by atoms with van der Waals surface area (Å²) < 4.78 is 0. The van der Waals surface area contributed by atoms with Gasteiger partial charge in [0.05, 0.1) is 11.5 Å². The van der Waals surface area contributed by atoms with Crippen LogP contribution in [0.4, 0.5) is 0 Å². The maximum Gasteiger partial charge on any atom is 0.0689 e. The summed E-state index contributed by atoms with van der Waals surface area (Å²) in [6.45, 7) is 6.87. The zero-order valence-electron chi connectivity index (χ0n) is 11.0. The number of nitriles is 1. The van der Waals surface area contributed by atoms with E-state index >= 15 is 0 Å². The zero-order valence-corrected chi connectivity index (χ0v) is 11.8. The number of hydrogen-bond donors (Lipinski definition) is 0. The molecule has 92 valence electrons. The predicted octanol–water partition coefficient (Wildman–Crippen LogP) is 4.63. The summed E-state index contributed by atoms with van der Waals surface area (Å²) in [5.74, 6) is 2.43. The smallest absolute Gasteiger partial charge is 0.0689 e. The molecule has 0 spiro atoms. The van der Waals surface area contributed by atoms with Gasteiger partial charge in [-0.2, -0.15) is 17.0 Å². The Kier molecular flexibility index (Phi) is 5.18. The molecule has 0 radical (unpaired) electrons. The average molecular weight is 239 g/mol. The van der Waals surface area contributed by atoms with Crippen molar-refractivity contribution in [2.45, 2.75) is 59.3 Å². The molecule has 1 fully saturated rings. The fourth-order valence-corrected chi connectivity index (χ4v) is 3.12. The molecule has 0 aliphatic heterocycles. The van der Waals surface area contributed by atoms with Crippen LogP contribution in [-0.4, -0.2) is 11.5 Å². The molecule has 0 aromatic carbocycles. The molecule has 0 unspecified atom stereocenters. The van der Waals surface area contributed by atoms with Crippen LogP contribution in [-0.2, 0) is 0 Å². The SMILES string of the molecule is CCSCCCC1(C#N)CCC(C)(C)CC1. The Hall–Kier alpha value is -0.160. The Bertz CT molecular complexity index is 242. The average Bonchev–Trinajstić information content (AvgIpc) is 2.27. The minimum atomic E-state index is 0.0177. The first-order valence-electron chi connectivity index (χ1n) is 6.53. The Morgan fingerprint density at radius 2 is 1.81 bits per heavy atom. The van der Waals surface area contributed by atoms with Crippen LogP contribution >= 0.6 is 11.8 Å². The van der Waals surface area contributed by atoms with Gasteiger partial charge in [0.15, 0.2) is 0 Å². The maximum atomic E-state index is 9.41. The third-order valence-electron chi connectivity index (χ3n) is 3.95. The first-order valence-corrected chi connectivity index (χ1v) is 7.68. The molecule has 0 amide bonds. The van der Waals surface area contributed by atoms with E-state index in [1.165, 1.54) is 30.8 Å². The second-order valence-corrected chi connectivity index (χ2v) is 7.25. The first-order chi connectivity index (χ1) is 7.54. The Morgan fingerprint density at radius 1 is 1.19 bits per heavy atom. The predicted molar refractivity (Wildman–Crippen MR) is 72.5 cm³/mol. The van der Waals surface area contributed by atoms with Crippen molar-refractivity contribution in [3.63, 3.8) is 0 Å². The van der Waals surface area contributed by atoms with Crippen LogP contribution in [0.25, 0.3) is 0 Å². The Morgan fingerprint density at radius 3 is 2.31 bits per heavy atom. The van der Waals surface area contributed by atoms with E-state index in [4.69, 9.17) is 0 Å². The normalized spacial score (nSPS) is 22.6. The van der Waals surface area contributed by atoms with Gasteiger partial charge < -0.3 is 0 Å². The van der Waals surface area contributed by atoms with Crippen molar-refractivity contribution in [2.75, 3.05) is 11.5 Å². The van der Waals surface area contributed by atoms with Gasteiger partial charge in [-0.15, -0.1) is 0 Å². The molecular weight excluding hydrogens is 214 g/mol. The van der Waals surface area contributed by atoms with Crippen molar-refractivity contribution < 1.29 is 0 Å². The van der Waals surface area contributed by atoms with Crippen molar-refractivity contribution in [1.82, 2.24) is 0 Å². The lowest BCUT2D eigenvalue weighted by molar-refractivity contribution is 0.138. The molecule has 0 bridgehead atoms. The van der Waals surface area contributed by atoms with E-state index in [-0.39, 0.29) is 5.41 Å². The van der Waals surface area contributed by atoms with Gasteiger partial charge >= 0.3 is 0 Å². The highest BCUT2D eigenvalue weighted by Crippen LogP contribution is 2.47. The molecule has 0 atom stereocenters. The molecule has 2 heteroatoms. The summed E-state index contributed by atoms with van der Waals surface area (Å²) in [7, 11) is 0. The van der Waals surface area contributed by atoms with Gasteiger partial charge in [0, 0.05) is 0 Å². The van der Waals surface area contributed by atoms with Gasteiger partial charge in [0.2, 0.25) is 0 Å². The molecule has 16 heavy (non-hydrogen) atoms. The molecule has 1 aliphatic rings. The lowest BCUT2D eigenvalue weighted by Crippen LogP contribution is -2.30. The van der Waals surface area contributed by atoms with Crippen LogP contribution in [0.5, 0.6) is 0 Å². The van der Waals surface area contributed by atoms with E-state index in [2.05, 4.69) is 26.8 Å². The number of hydrogen-bond acceptors (Lipinski definition) is 2. The number of nitrogens with zero attached hydrogens (tertiary/aromatic N) is 1. The van der Waals surface area contributed by atoms with Gasteiger partial charge in [-0.25, -0.2) is 0 Å². The molecule has 0 heterocycles. The standard InChI is InChI=1S/C14H25NS/c1-4-16-11-5-6-14(12-15)9-7-13(2,3)8-10-14/h4-11H2,1-3H3. The molecule has 1 nitrogen and oxygen atoms in total. The fourth-order valence-electron chi connectivity index (χ4n) is 2.48. The lowest BCUT2D eigenvalue weighted by atomic mass is 9.64. The molecule has 1 saturated carbocycles. The van der Waals surface area contributed by atoms with E-state index in [9.17, 15) is 5.26 Å². The van der Waals surface area contributed by atoms with Gasteiger partial charge in [-0.1, -0.05) is 20.8 Å². The number of rotatable bonds is 5. The van der Waals surface area contributed by atoms with Crippen LogP contribution in [0.3, 0.4) is 0 Å². The van der Waals surface area contributed by atoms with Crippen molar-refractivity contribution in [2.24, 2.45) is 10.8 Å². The van der Waals surface area contributed by atoms with Crippen molar-refractivity contribution in [1.29, 1.82) is 5.26 Å². The second-order valence-electron chi connectivity index (χ2n) is 5.86. The van der Waals surface area contributed by atoms with Crippen LogP contribution in [0, 0.1) is 22.2 Å². The van der Waals surface area contributed by atoms with Gasteiger partial charge in [0.25, 0.3) is 0 Å². The monoisotopic (exact) mass is 239 g/mol. The van der Waals surface area contributed by atoms with Crippen molar-refractivity contribution in [3.05, 3.63) is 0 Å². The molecule has 1 aliphatic carbocycles. The molecule has 0 saturated heterocycles. The third-order valence-corrected chi connectivity index (χ3v) is 4.93. The summed E-state index contributed by atoms with van der Waals surface area (Å²) in [6, 6.07) is 2.62. The quantitative estimate of drug-likeness (QED) is 0.653. The Labute approximate surface area is 105 Å². The van der Waals surface area contributed by atoms with E-state index < -0.39 is 0 Å². The van der Waals surface area contributed by atoms with Crippen LogP contribution in [0.2, 0.25) is 0 Å². The van der Waals surface area contributed by atoms with Gasteiger partial charge in [0.1, 0.15) is 0 Å². The van der Waals surface area contributed by atoms with E-state index in [1.54, 1.807) is 0 Å². The first kappa shape index (κ1) is 13.9. The van der Waals surface area contributed by atoms with Gasteiger partial charge in [-0.3, -0.25) is 0 Å². The van der Waals surface area contributed by atoms with Gasteiger partial charge in [-0.05, 0) is 55.4 Å². The van der Waals surface area contributed by atoms with Crippen molar-refractivity contribution in [3.8, 4) is 6.07 Å². The van der Waals surface area contributed by atoms with E-state index in [0.29, 0.717) is 5.41 Å². The fraction of sp³-hybridized carbons (Fsp3) is 0.929. The van der Waals surface area contributed by atoms with Crippen LogP contribution in [0.1, 0.15) is 59.3 Å². The highest BCUT2D eigenvalue weighted by Gasteiger charge is 2.37. The second kappa shape index (κ2) is 5.96. The largest absolute Gasteiger partial charge is 0.198 e. The Balaban J connectivity index is 2.38. The zero-order chi connectivity index (χ0) is 12.1. The molecular formula is C14H25NS. The van der Waals surface area contributed by atoms with Crippen molar-refractivity contribution >= 4 is 11.8 Å². The minimum absolute atomic E-state index is 0.0177. The summed E-state index contributed by atoms with van der Waals surface area (Å²) >= 11 is 2.00. The lowest BCUT2D eigenvalue weighted by Gasteiger charge is -2.39. The molecule has 0 aromatic heterocycles. The summed E-state index contributed by atoms with van der Waals surface area (Å²) in [5.41, 5.74) is 0.488. The molecule has 0 N–H and O–H groups in total.